The van der Waals surface area contributed by atoms with Crippen LogP contribution in [-0.4, -0.2) is 55.2 Å². The monoisotopic (exact) mass is 354 g/mol. The summed E-state index contributed by atoms with van der Waals surface area (Å²) in [6.45, 7) is 5.90. The van der Waals surface area contributed by atoms with Crippen LogP contribution in [-0.2, 0) is 0 Å². The van der Waals surface area contributed by atoms with Gasteiger partial charge in [-0.25, -0.2) is 0 Å². The smallest absolute Gasteiger partial charge is 0.250 e. The SMILES string of the molecule is NC(=O)c1ccc(O)cc1NCCCN1CCN(c2ccccc2)CC1. The summed E-state index contributed by atoms with van der Waals surface area (Å²) in [7, 11) is 0. The number of anilines is 2. The van der Waals surface area contributed by atoms with Crippen molar-refractivity contribution in [1.82, 2.24) is 4.90 Å². The normalized spacial score (nSPS) is 15.0. The summed E-state index contributed by atoms with van der Waals surface area (Å²) in [6.07, 6.45) is 0.958. The van der Waals surface area contributed by atoms with E-state index in [-0.39, 0.29) is 5.75 Å². The number of nitrogens with one attached hydrogen (secondary N) is 1. The average Bonchev–Trinajstić information content (AvgIpc) is 2.66. The standard InChI is InChI=1S/C20H26N4O2/c21-20(26)18-8-7-17(25)15-19(18)22-9-4-10-23-11-13-24(14-12-23)16-5-2-1-3-6-16/h1-3,5-8,15,22,25H,4,9-14H2,(H2,21,26). The highest BCUT2D eigenvalue weighted by molar-refractivity contribution is 5.98. The lowest BCUT2D eigenvalue weighted by atomic mass is 10.1. The molecule has 2 aromatic rings. The van der Waals surface area contributed by atoms with Crippen LogP contribution in [0.1, 0.15) is 16.8 Å². The van der Waals surface area contributed by atoms with Gasteiger partial charge in [0.05, 0.1) is 11.3 Å². The summed E-state index contributed by atoms with van der Waals surface area (Å²) in [5.41, 5.74) is 7.65. The van der Waals surface area contributed by atoms with Crippen LogP contribution in [0, 0.1) is 0 Å². The molecule has 2 aromatic carbocycles. The molecule has 0 aliphatic carbocycles. The third-order valence-corrected chi connectivity index (χ3v) is 4.73. The lowest BCUT2D eigenvalue weighted by molar-refractivity contribution is 0.100. The highest BCUT2D eigenvalue weighted by Gasteiger charge is 2.16. The van der Waals surface area contributed by atoms with Crippen molar-refractivity contribution in [3.8, 4) is 5.75 Å². The van der Waals surface area contributed by atoms with Gasteiger partial charge in [-0.15, -0.1) is 0 Å². The highest BCUT2D eigenvalue weighted by atomic mass is 16.3. The molecule has 138 valence electrons. The molecule has 1 heterocycles. The number of piperazine rings is 1. The second-order valence-corrected chi connectivity index (χ2v) is 6.54. The minimum Gasteiger partial charge on any atom is -0.508 e. The zero-order valence-corrected chi connectivity index (χ0v) is 14.9. The van der Waals surface area contributed by atoms with Gasteiger partial charge in [0.1, 0.15) is 5.75 Å². The van der Waals surface area contributed by atoms with Crippen LogP contribution in [0.25, 0.3) is 0 Å². The zero-order valence-electron chi connectivity index (χ0n) is 14.9. The average molecular weight is 354 g/mol. The van der Waals surface area contributed by atoms with Crippen LogP contribution in [0.15, 0.2) is 48.5 Å². The van der Waals surface area contributed by atoms with Gasteiger partial charge in [0.2, 0.25) is 0 Å². The number of primary amides is 1. The van der Waals surface area contributed by atoms with E-state index < -0.39 is 5.91 Å². The molecular formula is C20H26N4O2. The van der Waals surface area contributed by atoms with Crippen molar-refractivity contribution in [2.24, 2.45) is 5.73 Å². The van der Waals surface area contributed by atoms with E-state index in [1.807, 2.05) is 6.07 Å². The maximum Gasteiger partial charge on any atom is 0.250 e. The van der Waals surface area contributed by atoms with Crippen LogP contribution in [0.5, 0.6) is 5.75 Å². The molecule has 1 saturated heterocycles. The first-order valence-corrected chi connectivity index (χ1v) is 9.02. The molecule has 1 aliphatic rings. The summed E-state index contributed by atoms with van der Waals surface area (Å²) < 4.78 is 0. The number of phenols is 1. The summed E-state index contributed by atoms with van der Waals surface area (Å²) in [4.78, 5) is 16.3. The number of nitrogens with two attached hydrogens (primary N) is 1. The Morgan fingerprint density at radius 1 is 1.08 bits per heavy atom. The van der Waals surface area contributed by atoms with Gasteiger partial charge in [0.15, 0.2) is 0 Å². The van der Waals surface area contributed by atoms with Crippen LogP contribution >= 0.6 is 0 Å². The van der Waals surface area contributed by atoms with E-state index in [2.05, 4.69) is 39.4 Å². The summed E-state index contributed by atoms with van der Waals surface area (Å²) >= 11 is 0. The second kappa shape index (κ2) is 8.58. The van der Waals surface area contributed by atoms with Crippen molar-refractivity contribution in [1.29, 1.82) is 0 Å². The fourth-order valence-corrected chi connectivity index (χ4v) is 3.29. The zero-order chi connectivity index (χ0) is 18.4. The van der Waals surface area contributed by atoms with Crippen molar-refractivity contribution >= 4 is 17.3 Å². The number of rotatable bonds is 7. The molecule has 1 amide bonds. The number of hydrogen-bond donors (Lipinski definition) is 3. The number of nitrogens with zero attached hydrogens (tertiary/aromatic N) is 2. The Labute approximate surface area is 154 Å². The van der Waals surface area contributed by atoms with Crippen LogP contribution in [0.2, 0.25) is 0 Å². The number of phenolic OH excluding ortho intramolecular Hbond substituents is 1. The molecule has 4 N–H and O–H groups in total. The Morgan fingerprint density at radius 2 is 1.81 bits per heavy atom. The topological polar surface area (TPSA) is 81.8 Å². The predicted molar refractivity (Wildman–Crippen MR) is 105 cm³/mol. The van der Waals surface area contributed by atoms with E-state index in [4.69, 9.17) is 5.73 Å². The molecule has 3 rings (SSSR count). The van der Waals surface area contributed by atoms with Gasteiger partial charge in [-0.1, -0.05) is 18.2 Å². The first-order valence-electron chi connectivity index (χ1n) is 9.02. The van der Waals surface area contributed by atoms with Crippen molar-refractivity contribution in [3.05, 3.63) is 54.1 Å². The van der Waals surface area contributed by atoms with E-state index >= 15 is 0 Å². The first-order chi connectivity index (χ1) is 12.6. The van der Waals surface area contributed by atoms with Crippen LogP contribution < -0.4 is 16.0 Å². The molecular weight excluding hydrogens is 328 g/mol. The van der Waals surface area contributed by atoms with E-state index in [1.165, 1.54) is 11.8 Å². The Kier molecular flexibility index (Phi) is 5.96. The van der Waals surface area contributed by atoms with Gasteiger partial charge < -0.3 is 21.1 Å². The number of amides is 1. The van der Waals surface area contributed by atoms with E-state index in [0.29, 0.717) is 11.3 Å². The van der Waals surface area contributed by atoms with E-state index in [1.54, 1.807) is 12.1 Å². The predicted octanol–water partition coefficient (Wildman–Crippen LogP) is 2.12. The molecule has 1 fully saturated rings. The van der Waals surface area contributed by atoms with Crippen LogP contribution in [0.4, 0.5) is 11.4 Å². The number of hydrogen-bond acceptors (Lipinski definition) is 5. The Balaban J connectivity index is 1.41. The molecule has 0 unspecified atom stereocenters. The number of carbonyl (C=O) groups excluding carboxylic acids is 1. The Hall–Kier alpha value is -2.73. The van der Waals surface area contributed by atoms with Gasteiger partial charge in [-0.3, -0.25) is 9.69 Å². The molecule has 0 spiro atoms. The third-order valence-electron chi connectivity index (χ3n) is 4.73. The quantitative estimate of drug-likeness (QED) is 0.664. The minimum absolute atomic E-state index is 0.120. The van der Waals surface area contributed by atoms with Crippen molar-refractivity contribution in [2.75, 3.05) is 49.5 Å². The number of para-hydroxylation sites is 1. The molecule has 0 atom stereocenters. The lowest BCUT2D eigenvalue weighted by Crippen LogP contribution is -2.46. The van der Waals surface area contributed by atoms with Gasteiger partial charge in [-0.05, 0) is 37.2 Å². The minimum atomic E-state index is -0.496. The molecule has 1 aliphatic heterocycles. The molecule has 0 radical (unpaired) electrons. The molecule has 6 heteroatoms. The highest BCUT2D eigenvalue weighted by Crippen LogP contribution is 2.21. The van der Waals surface area contributed by atoms with Gasteiger partial charge in [0, 0.05) is 44.5 Å². The summed E-state index contributed by atoms with van der Waals surface area (Å²) in [5, 5.41) is 12.8. The lowest BCUT2D eigenvalue weighted by Gasteiger charge is -2.36. The maximum atomic E-state index is 11.4. The van der Waals surface area contributed by atoms with E-state index in [0.717, 1.165) is 45.7 Å². The fourth-order valence-electron chi connectivity index (χ4n) is 3.29. The molecule has 0 aromatic heterocycles. The van der Waals surface area contributed by atoms with Gasteiger partial charge in [-0.2, -0.15) is 0 Å². The number of carbonyl (C=O) groups is 1. The largest absolute Gasteiger partial charge is 0.508 e. The number of aromatic hydroxyl groups is 1. The van der Waals surface area contributed by atoms with Crippen molar-refractivity contribution < 1.29 is 9.90 Å². The van der Waals surface area contributed by atoms with E-state index in [9.17, 15) is 9.90 Å². The maximum absolute atomic E-state index is 11.4. The first kappa shape index (κ1) is 18.1. The Bertz CT molecular complexity index is 728. The fraction of sp³-hybridized carbons (Fsp3) is 0.350. The number of benzene rings is 2. The second-order valence-electron chi connectivity index (χ2n) is 6.54. The third kappa shape index (κ3) is 4.67. The molecule has 0 bridgehead atoms. The van der Waals surface area contributed by atoms with Gasteiger partial charge >= 0.3 is 0 Å². The molecule has 26 heavy (non-hydrogen) atoms. The summed E-state index contributed by atoms with van der Waals surface area (Å²) in [5.74, 6) is -0.376. The summed E-state index contributed by atoms with van der Waals surface area (Å²) in [6, 6.07) is 15.1. The molecule has 6 nitrogen and oxygen atoms in total. The molecule has 0 saturated carbocycles. The van der Waals surface area contributed by atoms with Crippen molar-refractivity contribution in [2.45, 2.75) is 6.42 Å². The van der Waals surface area contributed by atoms with Crippen molar-refractivity contribution in [3.63, 3.8) is 0 Å². The van der Waals surface area contributed by atoms with Crippen LogP contribution in [0.3, 0.4) is 0 Å². The Morgan fingerprint density at radius 3 is 2.50 bits per heavy atom. The van der Waals surface area contributed by atoms with Gasteiger partial charge in [0.25, 0.3) is 5.91 Å².